The van der Waals surface area contributed by atoms with Crippen LogP contribution in [0, 0.1) is 0 Å². The zero-order valence-electron chi connectivity index (χ0n) is 16.9. The third kappa shape index (κ3) is 6.00. The van der Waals surface area contributed by atoms with Gasteiger partial charge in [-0.1, -0.05) is 23.3 Å². The van der Waals surface area contributed by atoms with E-state index in [1.807, 2.05) is 6.08 Å². The topological polar surface area (TPSA) is 103 Å². The highest BCUT2D eigenvalue weighted by atomic mass is 16.6. The van der Waals surface area contributed by atoms with E-state index in [0.29, 0.717) is 6.61 Å². The number of rotatable bonds is 9. The zero-order valence-corrected chi connectivity index (χ0v) is 16.9. The number of ether oxygens (including phenoxy) is 3. The van der Waals surface area contributed by atoms with E-state index in [2.05, 4.69) is 31.8 Å². The predicted octanol–water partition coefficient (Wildman–Crippen LogP) is 1.52. The summed E-state index contributed by atoms with van der Waals surface area (Å²) < 4.78 is 17.9. The number of allylic oxidation sites excluding steroid dienone is 3. The number of aliphatic hydroxyl groups excluding tert-OH is 1. The molecule has 4 atom stereocenters. The first-order valence-corrected chi connectivity index (χ1v) is 9.38. The molecule has 0 aliphatic carbocycles. The lowest BCUT2D eigenvalue weighted by molar-refractivity contribution is -0.0697. The molecule has 0 bridgehead atoms. The molecule has 0 spiro atoms. The molecule has 2 rings (SSSR count). The standard InChI is InChI=1S/C20H30N2O6/c1-13(2)6-5-7-14(3)9-11-27-12-15-17(24)18(26-4)19(28-15)22-10-8-16(23)21-20(22)25/h6,8-10,15,17-19,24H,5,7,11-12H2,1-4H3,(H,21,23,25)/b14-9+. The minimum atomic E-state index is -0.962. The monoisotopic (exact) mass is 394 g/mol. The summed E-state index contributed by atoms with van der Waals surface area (Å²) in [6.45, 7) is 6.79. The maximum atomic E-state index is 12.0. The highest BCUT2D eigenvalue weighted by molar-refractivity contribution is 5.02. The van der Waals surface area contributed by atoms with Crippen molar-refractivity contribution in [3.8, 4) is 0 Å². The predicted molar refractivity (Wildman–Crippen MR) is 105 cm³/mol. The van der Waals surface area contributed by atoms with Crippen LogP contribution in [0.25, 0.3) is 0 Å². The third-order valence-corrected chi connectivity index (χ3v) is 4.63. The molecule has 1 saturated heterocycles. The lowest BCUT2D eigenvalue weighted by Crippen LogP contribution is -2.38. The summed E-state index contributed by atoms with van der Waals surface area (Å²) in [5, 5.41) is 10.5. The van der Waals surface area contributed by atoms with Crippen molar-refractivity contribution in [2.24, 2.45) is 0 Å². The van der Waals surface area contributed by atoms with Gasteiger partial charge in [-0.2, -0.15) is 0 Å². The molecule has 1 aromatic heterocycles. The van der Waals surface area contributed by atoms with Gasteiger partial charge in [0, 0.05) is 19.4 Å². The Balaban J connectivity index is 1.91. The lowest BCUT2D eigenvalue weighted by Gasteiger charge is -2.19. The van der Waals surface area contributed by atoms with Crippen molar-refractivity contribution in [3.05, 3.63) is 56.4 Å². The number of methoxy groups -OCH3 is 1. The molecule has 0 radical (unpaired) electrons. The SMILES string of the molecule is COC1C(O)C(COC/C=C(\C)CCC=C(C)C)OC1n1ccc(=O)[nH]c1=O. The van der Waals surface area contributed by atoms with Crippen molar-refractivity contribution in [2.75, 3.05) is 20.3 Å². The first-order chi connectivity index (χ1) is 13.3. The van der Waals surface area contributed by atoms with Crippen LogP contribution in [0.4, 0.5) is 0 Å². The molecular weight excluding hydrogens is 364 g/mol. The summed E-state index contributed by atoms with van der Waals surface area (Å²) in [5.74, 6) is 0. The highest BCUT2D eigenvalue weighted by Gasteiger charge is 2.45. The second kappa shape index (κ2) is 10.5. The van der Waals surface area contributed by atoms with Crippen LogP contribution in [0.15, 0.2) is 45.2 Å². The first kappa shape index (κ1) is 22.3. The Bertz CT molecular complexity index is 805. The lowest BCUT2D eigenvalue weighted by atomic mass is 10.1. The molecule has 8 heteroatoms. The van der Waals surface area contributed by atoms with Gasteiger partial charge in [0.2, 0.25) is 0 Å². The smallest absolute Gasteiger partial charge is 0.330 e. The summed E-state index contributed by atoms with van der Waals surface area (Å²) in [6.07, 6.45) is 4.30. The fraction of sp³-hybridized carbons (Fsp3) is 0.600. The van der Waals surface area contributed by atoms with Crippen LogP contribution in [0.3, 0.4) is 0 Å². The van der Waals surface area contributed by atoms with Crippen molar-refractivity contribution in [1.29, 1.82) is 0 Å². The van der Waals surface area contributed by atoms with Crippen LogP contribution >= 0.6 is 0 Å². The molecule has 0 amide bonds. The molecule has 1 aliphatic rings. The minimum Gasteiger partial charge on any atom is -0.387 e. The minimum absolute atomic E-state index is 0.160. The number of aromatic nitrogens is 2. The van der Waals surface area contributed by atoms with Gasteiger partial charge in [0.1, 0.15) is 18.3 Å². The van der Waals surface area contributed by atoms with Crippen LogP contribution in [0.2, 0.25) is 0 Å². The summed E-state index contributed by atoms with van der Waals surface area (Å²) >= 11 is 0. The Morgan fingerprint density at radius 3 is 2.71 bits per heavy atom. The number of hydrogen-bond donors (Lipinski definition) is 2. The first-order valence-electron chi connectivity index (χ1n) is 9.38. The van der Waals surface area contributed by atoms with Crippen molar-refractivity contribution in [3.63, 3.8) is 0 Å². The van der Waals surface area contributed by atoms with Gasteiger partial charge < -0.3 is 19.3 Å². The van der Waals surface area contributed by atoms with Crippen molar-refractivity contribution >= 4 is 0 Å². The average Bonchev–Trinajstić information content (AvgIpc) is 2.94. The molecule has 1 aromatic rings. The number of aliphatic hydroxyl groups is 1. The van der Waals surface area contributed by atoms with Gasteiger partial charge in [0.05, 0.1) is 13.2 Å². The molecule has 2 N–H and O–H groups in total. The molecule has 28 heavy (non-hydrogen) atoms. The van der Waals surface area contributed by atoms with E-state index in [1.54, 1.807) is 0 Å². The Morgan fingerprint density at radius 2 is 2.07 bits per heavy atom. The molecule has 156 valence electrons. The average molecular weight is 394 g/mol. The Hall–Kier alpha value is -2.00. The van der Waals surface area contributed by atoms with Crippen molar-refractivity contribution < 1.29 is 19.3 Å². The number of H-pyrrole nitrogens is 1. The van der Waals surface area contributed by atoms with Crippen LogP contribution in [-0.4, -0.2) is 53.3 Å². The van der Waals surface area contributed by atoms with E-state index in [1.165, 1.54) is 35.1 Å². The van der Waals surface area contributed by atoms with E-state index in [4.69, 9.17) is 14.2 Å². The van der Waals surface area contributed by atoms with E-state index in [-0.39, 0.29) is 6.61 Å². The fourth-order valence-corrected chi connectivity index (χ4v) is 3.04. The molecule has 0 aromatic carbocycles. The fourth-order valence-electron chi connectivity index (χ4n) is 3.04. The molecule has 1 fully saturated rings. The molecular formula is C20H30N2O6. The second-order valence-electron chi connectivity index (χ2n) is 7.18. The molecule has 0 saturated carbocycles. The molecule has 8 nitrogen and oxygen atoms in total. The van der Waals surface area contributed by atoms with Gasteiger partial charge in [-0.15, -0.1) is 0 Å². The van der Waals surface area contributed by atoms with Crippen molar-refractivity contribution in [2.45, 2.75) is 58.2 Å². The number of nitrogens with zero attached hydrogens (tertiary/aromatic N) is 1. The van der Waals surface area contributed by atoms with E-state index >= 15 is 0 Å². The Kier molecular flexibility index (Phi) is 8.37. The number of hydrogen-bond acceptors (Lipinski definition) is 6. The Morgan fingerprint density at radius 1 is 1.32 bits per heavy atom. The summed E-state index contributed by atoms with van der Waals surface area (Å²) in [6, 6.07) is 1.22. The highest BCUT2D eigenvalue weighted by Crippen LogP contribution is 2.30. The van der Waals surface area contributed by atoms with E-state index < -0.39 is 35.8 Å². The maximum Gasteiger partial charge on any atom is 0.330 e. The van der Waals surface area contributed by atoms with Crippen LogP contribution in [-0.2, 0) is 14.2 Å². The van der Waals surface area contributed by atoms with E-state index in [0.717, 1.165) is 12.8 Å². The van der Waals surface area contributed by atoms with E-state index in [9.17, 15) is 14.7 Å². The van der Waals surface area contributed by atoms with Crippen LogP contribution in [0.1, 0.15) is 39.8 Å². The van der Waals surface area contributed by atoms with Gasteiger partial charge in [-0.3, -0.25) is 14.3 Å². The van der Waals surface area contributed by atoms with Crippen LogP contribution in [0.5, 0.6) is 0 Å². The van der Waals surface area contributed by atoms with Crippen molar-refractivity contribution in [1.82, 2.24) is 9.55 Å². The third-order valence-electron chi connectivity index (χ3n) is 4.63. The summed E-state index contributed by atoms with van der Waals surface area (Å²) in [5.41, 5.74) is 1.42. The Labute approximate surface area is 164 Å². The second-order valence-corrected chi connectivity index (χ2v) is 7.18. The van der Waals surface area contributed by atoms with Gasteiger partial charge in [-0.05, 0) is 33.6 Å². The molecule has 1 aliphatic heterocycles. The zero-order chi connectivity index (χ0) is 20.7. The number of nitrogens with one attached hydrogen (secondary N) is 1. The normalized spacial score (nSPS) is 25.1. The van der Waals surface area contributed by atoms with Gasteiger partial charge in [0.25, 0.3) is 5.56 Å². The number of aromatic amines is 1. The quantitative estimate of drug-likeness (QED) is 0.486. The molecule has 4 unspecified atom stereocenters. The summed E-state index contributed by atoms with van der Waals surface area (Å²) in [7, 11) is 1.43. The maximum absolute atomic E-state index is 12.0. The van der Waals surface area contributed by atoms with Gasteiger partial charge in [0.15, 0.2) is 6.23 Å². The summed E-state index contributed by atoms with van der Waals surface area (Å²) in [4.78, 5) is 25.4. The van der Waals surface area contributed by atoms with Crippen LogP contribution < -0.4 is 11.2 Å². The van der Waals surface area contributed by atoms with Gasteiger partial charge >= 0.3 is 5.69 Å². The molecule has 2 heterocycles. The van der Waals surface area contributed by atoms with Gasteiger partial charge in [-0.25, -0.2) is 4.79 Å². The largest absolute Gasteiger partial charge is 0.387 e.